The van der Waals surface area contributed by atoms with Crippen molar-refractivity contribution in [1.82, 2.24) is 15.0 Å². The second-order valence-corrected chi connectivity index (χ2v) is 8.74. The van der Waals surface area contributed by atoms with Crippen molar-refractivity contribution in [2.24, 2.45) is 0 Å². The molecule has 3 rings (SSSR count). The minimum atomic E-state index is -4.14. The highest BCUT2D eigenvalue weighted by Crippen LogP contribution is 2.18. The number of hydrogen-bond acceptors (Lipinski definition) is 8. The maximum Gasteiger partial charge on any atom is 0.269 e. The molecule has 1 aromatic heterocycles. The lowest BCUT2D eigenvalue weighted by Crippen LogP contribution is -2.18. The number of hydrogen-bond donors (Lipinski definition) is 4. The van der Waals surface area contributed by atoms with Crippen molar-refractivity contribution in [3.8, 4) is 0 Å². The molecule has 0 aliphatic heterocycles. The summed E-state index contributed by atoms with van der Waals surface area (Å²) in [4.78, 5) is 13.2. The molecule has 164 valence electrons. The van der Waals surface area contributed by atoms with Crippen LogP contribution in [-0.4, -0.2) is 45.7 Å². The first-order valence-corrected chi connectivity index (χ1v) is 11.3. The molecule has 10 heteroatoms. The van der Waals surface area contributed by atoms with E-state index in [4.69, 9.17) is 0 Å². The average Bonchev–Trinajstić information content (AvgIpc) is 2.68. The van der Waals surface area contributed by atoms with Gasteiger partial charge in [0.05, 0.1) is 6.10 Å². The van der Waals surface area contributed by atoms with Crippen molar-refractivity contribution >= 4 is 27.7 Å². The summed E-state index contributed by atoms with van der Waals surface area (Å²) in [7, 11) is -4.14. The van der Waals surface area contributed by atoms with Gasteiger partial charge in [-0.05, 0) is 42.7 Å². The predicted octanol–water partition coefficient (Wildman–Crippen LogP) is 2.69. The maximum absolute atomic E-state index is 11.3. The molecule has 1 atom stereocenters. The van der Waals surface area contributed by atoms with Gasteiger partial charge in [-0.3, -0.25) is 4.55 Å². The van der Waals surface area contributed by atoms with E-state index < -0.39 is 22.0 Å². The van der Waals surface area contributed by atoms with Crippen LogP contribution >= 0.6 is 0 Å². The van der Waals surface area contributed by atoms with Crippen LogP contribution in [0.2, 0.25) is 0 Å². The molecule has 0 aliphatic rings. The van der Waals surface area contributed by atoms with Crippen molar-refractivity contribution in [3.05, 3.63) is 71.0 Å². The summed E-state index contributed by atoms with van der Waals surface area (Å²) >= 11 is 0. The lowest BCUT2D eigenvalue weighted by Gasteiger charge is -2.12. The molecule has 0 fully saturated rings. The van der Waals surface area contributed by atoms with Crippen LogP contribution < -0.4 is 10.6 Å². The first kappa shape index (κ1) is 22.6. The third-order valence-corrected chi connectivity index (χ3v) is 5.06. The van der Waals surface area contributed by atoms with E-state index in [2.05, 4.69) is 25.6 Å². The topological polar surface area (TPSA) is 137 Å². The Morgan fingerprint density at radius 3 is 2.42 bits per heavy atom. The Morgan fingerprint density at radius 2 is 1.74 bits per heavy atom. The Morgan fingerprint density at radius 1 is 1.03 bits per heavy atom. The Bertz CT molecular complexity index is 1140. The molecule has 1 heterocycles. The number of nitrogens with zero attached hydrogens (tertiary/aromatic N) is 3. The summed E-state index contributed by atoms with van der Waals surface area (Å²) in [6, 6.07) is 14.8. The summed E-state index contributed by atoms with van der Waals surface area (Å²) in [5.74, 6) is 0.665. The van der Waals surface area contributed by atoms with Crippen LogP contribution in [0.1, 0.15) is 29.4 Å². The molecule has 4 N–H and O–H groups in total. The van der Waals surface area contributed by atoms with Crippen LogP contribution in [0.15, 0.2) is 48.5 Å². The highest BCUT2D eigenvalue weighted by molar-refractivity contribution is 7.85. The normalized spacial score (nSPS) is 12.4. The van der Waals surface area contributed by atoms with Crippen LogP contribution in [-0.2, 0) is 22.3 Å². The predicted molar refractivity (Wildman–Crippen MR) is 119 cm³/mol. The van der Waals surface area contributed by atoms with Crippen LogP contribution in [0, 0.1) is 6.92 Å². The molecule has 0 saturated heterocycles. The van der Waals surface area contributed by atoms with Crippen molar-refractivity contribution in [2.75, 3.05) is 17.2 Å². The largest absolute Gasteiger partial charge is 0.392 e. The van der Waals surface area contributed by atoms with Crippen molar-refractivity contribution < 1.29 is 18.1 Å². The molecule has 0 radical (unpaired) electrons. The van der Waals surface area contributed by atoms with Gasteiger partial charge in [-0.15, -0.1) is 0 Å². The first-order chi connectivity index (χ1) is 14.7. The third kappa shape index (κ3) is 7.28. The number of anilines is 3. The number of aliphatic hydroxyl groups is 1. The van der Waals surface area contributed by atoms with Crippen LogP contribution in [0.5, 0.6) is 0 Å². The van der Waals surface area contributed by atoms with Gasteiger partial charge in [-0.2, -0.15) is 23.4 Å². The molecule has 0 amide bonds. The summed E-state index contributed by atoms with van der Waals surface area (Å²) in [6.45, 7) is 3.71. The summed E-state index contributed by atoms with van der Waals surface area (Å²) < 4.78 is 31.8. The minimum Gasteiger partial charge on any atom is -0.392 e. The van der Waals surface area contributed by atoms with Crippen molar-refractivity contribution in [3.63, 3.8) is 0 Å². The van der Waals surface area contributed by atoms with Crippen LogP contribution in [0.25, 0.3) is 0 Å². The van der Waals surface area contributed by atoms with E-state index in [1.165, 1.54) is 0 Å². The highest BCUT2D eigenvalue weighted by Gasteiger charge is 2.13. The Hall–Kier alpha value is -3.08. The Balaban J connectivity index is 1.89. The second-order valence-electron chi connectivity index (χ2n) is 7.28. The lowest BCUT2D eigenvalue weighted by atomic mass is 10.0. The van der Waals surface area contributed by atoms with Gasteiger partial charge >= 0.3 is 0 Å². The van der Waals surface area contributed by atoms with Gasteiger partial charge in [0.2, 0.25) is 11.9 Å². The van der Waals surface area contributed by atoms with Crippen LogP contribution in [0.3, 0.4) is 0 Å². The smallest absolute Gasteiger partial charge is 0.269 e. The van der Waals surface area contributed by atoms with Gasteiger partial charge in [0, 0.05) is 18.7 Å². The number of benzene rings is 2. The number of aryl methyl sites for hydroxylation is 1. The van der Waals surface area contributed by atoms with Gasteiger partial charge in [-0.1, -0.05) is 36.4 Å². The number of aromatic nitrogens is 3. The molecule has 2 aromatic carbocycles. The van der Waals surface area contributed by atoms with E-state index in [1.54, 1.807) is 26.0 Å². The monoisotopic (exact) mass is 443 g/mol. The van der Waals surface area contributed by atoms with E-state index in [-0.39, 0.29) is 6.54 Å². The summed E-state index contributed by atoms with van der Waals surface area (Å²) in [5.41, 5.74) is 2.89. The zero-order chi connectivity index (χ0) is 22.4. The molecule has 0 aliphatic carbocycles. The SMILES string of the molecule is Cc1ccc(Cc2nc(NCC(C)O)nc(Nc3ccccc3)n2)cc1CS(=O)(=O)O. The number of para-hydroxylation sites is 1. The van der Waals surface area contributed by atoms with Crippen molar-refractivity contribution in [1.29, 1.82) is 0 Å². The number of nitrogens with one attached hydrogen (secondary N) is 2. The van der Waals surface area contributed by atoms with Gasteiger partial charge in [0.15, 0.2) is 0 Å². The molecular weight excluding hydrogens is 418 g/mol. The lowest BCUT2D eigenvalue weighted by molar-refractivity contribution is 0.208. The van der Waals surface area contributed by atoms with E-state index >= 15 is 0 Å². The molecule has 9 nitrogen and oxygen atoms in total. The third-order valence-electron chi connectivity index (χ3n) is 4.38. The molecule has 1 unspecified atom stereocenters. The maximum atomic E-state index is 11.3. The number of rotatable bonds is 9. The van der Waals surface area contributed by atoms with E-state index in [0.717, 1.165) is 16.8 Å². The first-order valence-electron chi connectivity index (χ1n) is 9.70. The van der Waals surface area contributed by atoms with E-state index in [1.807, 2.05) is 36.4 Å². The summed E-state index contributed by atoms with van der Waals surface area (Å²) in [6.07, 6.45) is -0.250. The van der Waals surface area contributed by atoms with E-state index in [9.17, 15) is 18.1 Å². The standard InChI is InChI=1S/C21H25N5O4S/c1-14-8-9-16(10-17(14)13-31(28,29)30)11-19-24-20(22-12-15(2)27)26-21(25-19)23-18-6-4-3-5-7-18/h3-10,15,27H,11-13H2,1-2H3,(H,28,29,30)(H2,22,23,24,25,26). The second kappa shape index (κ2) is 9.82. The zero-order valence-corrected chi connectivity index (χ0v) is 18.1. The van der Waals surface area contributed by atoms with Gasteiger partial charge in [0.1, 0.15) is 11.6 Å². The van der Waals surface area contributed by atoms with Gasteiger partial charge in [0.25, 0.3) is 10.1 Å². The van der Waals surface area contributed by atoms with E-state index in [0.29, 0.717) is 29.7 Å². The highest BCUT2D eigenvalue weighted by atomic mass is 32.2. The number of aliphatic hydroxyl groups excluding tert-OH is 1. The molecule has 0 spiro atoms. The Kier molecular flexibility index (Phi) is 7.16. The fourth-order valence-electron chi connectivity index (χ4n) is 2.89. The van der Waals surface area contributed by atoms with Gasteiger partial charge < -0.3 is 15.7 Å². The molecule has 0 saturated carbocycles. The van der Waals surface area contributed by atoms with Crippen molar-refractivity contribution in [2.45, 2.75) is 32.1 Å². The molecule has 31 heavy (non-hydrogen) atoms. The zero-order valence-electron chi connectivity index (χ0n) is 17.3. The molecule has 3 aromatic rings. The van der Waals surface area contributed by atoms with Crippen LogP contribution in [0.4, 0.5) is 17.6 Å². The quantitative estimate of drug-likeness (QED) is 0.368. The fraction of sp³-hybridized carbons (Fsp3) is 0.286. The van der Waals surface area contributed by atoms with Gasteiger partial charge in [-0.25, -0.2) is 0 Å². The summed E-state index contributed by atoms with van der Waals surface area (Å²) in [5, 5.41) is 15.7. The molecular formula is C21H25N5O4S. The Labute approximate surface area is 181 Å². The minimum absolute atomic E-state index is 0.275. The molecule has 0 bridgehead atoms. The fourth-order valence-corrected chi connectivity index (χ4v) is 3.60. The average molecular weight is 444 g/mol.